The van der Waals surface area contributed by atoms with Crippen LogP contribution >= 0.6 is 0 Å². The molecule has 0 radical (unpaired) electrons. The zero-order valence-corrected chi connectivity index (χ0v) is 16.6. The summed E-state index contributed by atoms with van der Waals surface area (Å²) >= 11 is 0. The normalized spacial score (nSPS) is 13.5. The number of ether oxygens (including phenoxy) is 1. The van der Waals surface area contributed by atoms with Crippen LogP contribution in [0.4, 0.5) is 5.69 Å². The van der Waals surface area contributed by atoms with Gasteiger partial charge < -0.3 is 9.14 Å². The van der Waals surface area contributed by atoms with Gasteiger partial charge in [0.2, 0.25) is 10.0 Å². The smallest absolute Gasteiger partial charge is 0.359 e. The number of Topliss-reactive ketones (excluding diaryl/α,β-unsaturated/α-hetero) is 1. The van der Waals surface area contributed by atoms with Crippen molar-refractivity contribution >= 4 is 33.1 Å². The number of pyridine rings is 1. The van der Waals surface area contributed by atoms with Crippen LogP contribution in [0.1, 0.15) is 33.3 Å². The fourth-order valence-electron chi connectivity index (χ4n) is 3.31. The second-order valence-corrected chi connectivity index (χ2v) is 8.84. The molecule has 1 aromatic carbocycles. The maximum atomic E-state index is 12.5. The van der Waals surface area contributed by atoms with Gasteiger partial charge in [-0.1, -0.05) is 6.07 Å². The van der Waals surface area contributed by atoms with Gasteiger partial charge in [0.25, 0.3) is 0 Å². The molecule has 0 aliphatic carbocycles. The quantitative estimate of drug-likeness (QED) is 0.453. The molecule has 0 bridgehead atoms. The molecule has 29 heavy (non-hydrogen) atoms. The Bertz CT molecular complexity index is 1180. The van der Waals surface area contributed by atoms with Gasteiger partial charge in [0.1, 0.15) is 5.65 Å². The zero-order valence-electron chi connectivity index (χ0n) is 15.7. The summed E-state index contributed by atoms with van der Waals surface area (Å²) in [7, 11) is -3.34. The van der Waals surface area contributed by atoms with Gasteiger partial charge in [-0.05, 0) is 49.2 Å². The molecule has 3 aromatic rings. The van der Waals surface area contributed by atoms with E-state index in [1.54, 1.807) is 48.0 Å². The van der Waals surface area contributed by atoms with Gasteiger partial charge in [-0.2, -0.15) is 0 Å². The number of imidazole rings is 1. The van der Waals surface area contributed by atoms with E-state index >= 15 is 0 Å². The van der Waals surface area contributed by atoms with Crippen molar-refractivity contribution in [2.45, 2.75) is 13.3 Å². The Morgan fingerprint density at radius 2 is 2.03 bits per heavy atom. The zero-order chi connectivity index (χ0) is 20.6. The van der Waals surface area contributed by atoms with Gasteiger partial charge >= 0.3 is 5.97 Å². The number of benzene rings is 1. The van der Waals surface area contributed by atoms with Crippen LogP contribution < -0.4 is 4.31 Å². The number of carbonyl (C=O) groups is 2. The summed E-state index contributed by atoms with van der Waals surface area (Å²) in [5.41, 5.74) is 2.50. The molecule has 150 valence electrons. The van der Waals surface area contributed by atoms with E-state index in [4.69, 9.17) is 4.74 Å². The Balaban J connectivity index is 1.45. The Morgan fingerprint density at radius 1 is 1.21 bits per heavy atom. The summed E-state index contributed by atoms with van der Waals surface area (Å²) in [5, 5.41) is 0. The van der Waals surface area contributed by atoms with E-state index in [0.717, 1.165) is 5.56 Å². The third-order valence-electron chi connectivity index (χ3n) is 4.86. The Kier molecular flexibility index (Phi) is 4.83. The monoisotopic (exact) mass is 413 g/mol. The number of aromatic nitrogens is 2. The minimum absolute atomic E-state index is 0.0200. The first kappa shape index (κ1) is 19.1. The van der Waals surface area contributed by atoms with Crippen molar-refractivity contribution in [2.75, 3.05) is 23.2 Å². The summed E-state index contributed by atoms with van der Waals surface area (Å²) in [4.78, 5) is 28.8. The van der Waals surface area contributed by atoms with Crippen molar-refractivity contribution in [3.8, 4) is 0 Å². The predicted octanol–water partition coefficient (Wildman–Crippen LogP) is 2.09. The van der Waals surface area contributed by atoms with Crippen molar-refractivity contribution in [3.63, 3.8) is 0 Å². The summed E-state index contributed by atoms with van der Waals surface area (Å²) in [6.07, 6.45) is 3.84. The molecule has 0 N–H and O–H groups in total. The fourth-order valence-corrected chi connectivity index (χ4v) is 4.47. The van der Waals surface area contributed by atoms with E-state index < -0.39 is 22.6 Å². The number of fused-ring (bicyclic) bond motifs is 2. The maximum absolute atomic E-state index is 12.5. The molecular formula is C20H19N3O5S. The average Bonchev–Trinajstić information content (AvgIpc) is 3.35. The molecule has 1 aliphatic rings. The van der Waals surface area contributed by atoms with Crippen molar-refractivity contribution in [1.29, 1.82) is 0 Å². The molecule has 9 heteroatoms. The molecule has 0 spiro atoms. The van der Waals surface area contributed by atoms with E-state index in [1.165, 1.54) is 4.31 Å². The van der Waals surface area contributed by atoms with Gasteiger partial charge in [-0.25, -0.2) is 18.2 Å². The van der Waals surface area contributed by atoms with Crippen molar-refractivity contribution in [1.82, 2.24) is 9.38 Å². The number of sulfonamides is 1. The molecule has 8 nitrogen and oxygen atoms in total. The predicted molar refractivity (Wildman–Crippen MR) is 107 cm³/mol. The van der Waals surface area contributed by atoms with E-state index in [9.17, 15) is 18.0 Å². The summed E-state index contributed by atoms with van der Waals surface area (Å²) in [6.45, 7) is 1.55. The fraction of sp³-hybridized carbons (Fsp3) is 0.250. The van der Waals surface area contributed by atoms with Gasteiger partial charge in [-0.15, -0.1) is 0 Å². The van der Waals surface area contributed by atoms with Crippen LogP contribution in [0.15, 0.2) is 48.8 Å². The van der Waals surface area contributed by atoms with Crippen LogP contribution in [-0.4, -0.2) is 48.5 Å². The lowest BCUT2D eigenvalue weighted by atomic mass is 10.1. The van der Waals surface area contributed by atoms with Crippen LogP contribution in [-0.2, 0) is 21.2 Å². The maximum Gasteiger partial charge on any atom is 0.359 e. The molecule has 4 rings (SSSR count). The lowest BCUT2D eigenvalue weighted by molar-refractivity contribution is 0.0469. The molecule has 0 saturated heterocycles. The van der Waals surface area contributed by atoms with Gasteiger partial charge in [0, 0.05) is 24.5 Å². The largest absolute Gasteiger partial charge is 0.453 e. The summed E-state index contributed by atoms with van der Waals surface area (Å²) < 4.78 is 32.5. The number of ketones is 1. The standard InChI is InChI=1S/C20H19N3O5S/c1-2-29(26,27)23-10-8-14-11-15(6-7-17(14)23)18(24)13-28-20(25)16-12-22-9-4-3-5-19(22)21-16/h3-7,9,11-12H,2,8,10,13H2,1H3. The molecule has 0 saturated carbocycles. The number of carbonyl (C=O) groups excluding carboxylic acids is 2. The second-order valence-electron chi connectivity index (χ2n) is 6.66. The van der Waals surface area contributed by atoms with E-state index in [-0.39, 0.29) is 17.2 Å². The molecule has 2 aromatic heterocycles. The van der Waals surface area contributed by atoms with E-state index in [0.29, 0.717) is 29.9 Å². The number of hydrogen-bond donors (Lipinski definition) is 0. The Morgan fingerprint density at radius 3 is 2.79 bits per heavy atom. The van der Waals surface area contributed by atoms with Gasteiger partial charge in [-0.3, -0.25) is 9.10 Å². The molecule has 1 aliphatic heterocycles. The highest BCUT2D eigenvalue weighted by Crippen LogP contribution is 2.31. The topological polar surface area (TPSA) is 98.0 Å². The number of hydrogen-bond acceptors (Lipinski definition) is 6. The van der Waals surface area contributed by atoms with Crippen LogP contribution in [0.2, 0.25) is 0 Å². The number of nitrogens with zero attached hydrogens (tertiary/aromatic N) is 3. The Labute approximate surface area is 167 Å². The average molecular weight is 413 g/mol. The molecule has 0 amide bonds. The van der Waals surface area contributed by atoms with Crippen LogP contribution in [0.3, 0.4) is 0 Å². The lowest BCUT2D eigenvalue weighted by Gasteiger charge is -2.18. The highest BCUT2D eigenvalue weighted by Gasteiger charge is 2.28. The Hall–Kier alpha value is -3.20. The highest BCUT2D eigenvalue weighted by atomic mass is 32.2. The third kappa shape index (κ3) is 3.61. The first-order valence-electron chi connectivity index (χ1n) is 9.16. The molecule has 3 heterocycles. The first-order valence-corrected chi connectivity index (χ1v) is 10.8. The summed E-state index contributed by atoms with van der Waals surface area (Å²) in [5.74, 6) is -1.02. The van der Waals surface area contributed by atoms with Crippen molar-refractivity contribution < 1.29 is 22.7 Å². The minimum Gasteiger partial charge on any atom is -0.453 e. The van der Waals surface area contributed by atoms with E-state index in [2.05, 4.69) is 4.98 Å². The van der Waals surface area contributed by atoms with Gasteiger partial charge in [0.15, 0.2) is 18.1 Å². The van der Waals surface area contributed by atoms with E-state index in [1.807, 2.05) is 12.1 Å². The minimum atomic E-state index is -3.34. The first-order chi connectivity index (χ1) is 13.9. The van der Waals surface area contributed by atoms with Crippen molar-refractivity contribution in [3.05, 3.63) is 65.6 Å². The number of anilines is 1. The number of rotatable bonds is 6. The second kappa shape index (κ2) is 7.32. The highest BCUT2D eigenvalue weighted by molar-refractivity contribution is 7.92. The molecular weight excluding hydrogens is 394 g/mol. The molecule has 0 unspecified atom stereocenters. The molecule has 0 fully saturated rings. The summed E-state index contributed by atoms with van der Waals surface area (Å²) in [6, 6.07) is 10.2. The lowest BCUT2D eigenvalue weighted by Crippen LogP contribution is -2.30. The number of esters is 1. The van der Waals surface area contributed by atoms with Crippen molar-refractivity contribution in [2.24, 2.45) is 0 Å². The van der Waals surface area contributed by atoms with Gasteiger partial charge in [0.05, 0.1) is 11.4 Å². The molecule has 0 atom stereocenters. The third-order valence-corrected chi connectivity index (χ3v) is 6.64. The van der Waals surface area contributed by atoms with Crippen LogP contribution in [0, 0.1) is 0 Å². The van der Waals surface area contributed by atoms with Crippen LogP contribution in [0.25, 0.3) is 5.65 Å². The van der Waals surface area contributed by atoms with Crippen LogP contribution in [0.5, 0.6) is 0 Å². The SMILES string of the molecule is CCS(=O)(=O)N1CCc2cc(C(=O)COC(=O)c3cn4ccccc4n3)ccc21.